The molecule has 3 heterocycles. The molecule has 1 saturated heterocycles. The van der Waals surface area contributed by atoms with Gasteiger partial charge < -0.3 is 9.84 Å². The number of nitrogens with zero attached hydrogens (tertiary/aromatic N) is 1. The molecule has 0 aliphatic carbocycles. The quantitative estimate of drug-likeness (QED) is 0.769. The summed E-state index contributed by atoms with van der Waals surface area (Å²) < 4.78 is 5.59. The van der Waals surface area contributed by atoms with Gasteiger partial charge in [-0.05, 0) is 44.0 Å². The molecular formula is C16H17N3O3. The third kappa shape index (κ3) is 2.11. The second-order valence-corrected chi connectivity index (χ2v) is 5.90. The van der Waals surface area contributed by atoms with Crippen molar-refractivity contribution in [3.05, 3.63) is 29.0 Å². The third-order valence-electron chi connectivity index (χ3n) is 4.56. The van der Waals surface area contributed by atoms with Crippen LogP contribution in [0.2, 0.25) is 0 Å². The second-order valence-electron chi connectivity index (χ2n) is 5.90. The minimum atomic E-state index is -0.402. The monoisotopic (exact) mass is 299 g/mol. The van der Waals surface area contributed by atoms with E-state index >= 15 is 0 Å². The predicted octanol–water partition coefficient (Wildman–Crippen LogP) is 1.04. The number of nitrogens with one attached hydrogen (secondary N) is 2. The van der Waals surface area contributed by atoms with Crippen molar-refractivity contribution in [3.63, 3.8) is 0 Å². The molecule has 22 heavy (non-hydrogen) atoms. The van der Waals surface area contributed by atoms with Gasteiger partial charge >= 0.3 is 0 Å². The fourth-order valence-corrected chi connectivity index (χ4v) is 3.39. The van der Waals surface area contributed by atoms with E-state index in [-0.39, 0.29) is 11.8 Å². The van der Waals surface area contributed by atoms with E-state index in [2.05, 4.69) is 21.9 Å². The molecule has 114 valence electrons. The number of rotatable bonds is 1. The molecule has 1 fully saturated rings. The number of hydrogen-bond donors (Lipinski definition) is 2. The largest absolute Gasteiger partial charge is 0.356 e. The lowest BCUT2D eigenvalue weighted by Crippen LogP contribution is -2.39. The molecule has 2 aliphatic rings. The predicted molar refractivity (Wildman–Crippen MR) is 79.4 cm³/mol. The molecule has 1 aromatic carbocycles. The van der Waals surface area contributed by atoms with Gasteiger partial charge in [0.05, 0.1) is 5.92 Å². The van der Waals surface area contributed by atoms with Crippen molar-refractivity contribution >= 4 is 22.8 Å². The van der Waals surface area contributed by atoms with Crippen LogP contribution in [0.1, 0.15) is 35.6 Å². The number of carbonyl (C=O) groups is 2. The van der Waals surface area contributed by atoms with Gasteiger partial charge in [0.1, 0.15) is 5.69 Å². The zero-order valence-electron chi connectivity index (χ0n) is 12.1. The fourth-order valence-electron chi connectivity index (χ4n) is 3.39. The molecule has 2 aliphatic heterocycles. The van der Waals surface area contributed by atoms with Gasteiger partial charge in [0.15, 0.2) is 5.58 Å². The molecule has 2 amide bonds. The highest BCUT2D eigenvalue weighted by Crippen LogP contribution is 2.33. The molecule has 0 radical (unpaired) electrons. The first kappa shape index (κ1) is 13.5. The molecule has 1 atom stereocenters. The smallest absolute Gasteiger partial charge is 0.235 e. The summed E-state index contributed by atoms with van der Waals surface area (Å²) in [6.45, 7) is 1.88. The first-order valence-corrected chi connectivity index (χ1v) is 7.68. The minimum Gasteiger partial charge on any atom is -0.356 e. The Labute approximate surface area is 127 Å². The van der Waals surface area contributed by atoms with Crippen LogP contribution in [0.3, 0.4) is 0 Å². The number of piperidine rings is 1. The van der Waals surface area contributed by atoms with Crippen LogP contribution in [0.4, 0.5) is 0 Å². The first-order valence-electron chi connectivity index (χ1n) is 7.68. The van der Waals surface area contributed by atoms with E-state index in [1.165, 1.54) is 11.1 Å². The summed E-state index contributed by atoms with van der Waals surface area (Å²) in [5.41, 5.74) is 3.91. The standard InChI is InChI=1S/C16H17N3O3/c20-13-4-3-12(16(21)18-13)14-11-2-1-9-5-7-17-8-6-10(9)15(11)22-19-14/h1-2,12,17H,3-8H2,(H,18,20,21). The lowest BCUT2D eigenvalue weighted by Gasteiger charge is -2.18. The van der Waals surface area contributed by atoms with E-state index in [0.717, 1.165) is 36.9 Å². The molecule has 4 rings (SSSR count). The highest BCUT2D eigenvalue weighted by Gasteiger charge is 2.32. The number of carbonyl (C=O) groups excluding carboxylic acids is 2. The zero-order valence-corrected chi connectivity index (χ0v) is 12.1. The molecule has 1 aromatic heterocycles. The first-order chi connectivity index (χ1) is 10.7. The summed E-state index contributed by atoms with van der Waals surface area (Å²) in [4.78, 5) is 23.4. The van der Waals surface area contributed by atoms with E-state index in [4.69, 9.17) is 4.52 Å². The van der Waals surface area contributed by atoms with Crippen molar-refractivity contribution in [2.24, 2.45) is 0 Å². The van der Waals surface area contributed by atoms with Crippen molar-refractivity contribution in [2.45, 2.75) is 31.6 Å². The van der Waals surface area contributed by atoms with E-state index in [1.54, 1.807) is 0 Å². The summed E-state index contributed by atoms with van der Waals surface area (Å²) in [6.07, 6.45) is 2.71. The topological polar surface area (TPSA) is 84.2 Å². The van der Waals surface area contributed by atoms with E-state index < -0.39 is 5.92 Å². The SMILES string of the molecule is O=C1CCC(c2noc3c4c(ccc23)CCNCC4)C(=O)N1. The van der Waals surface area contributed by atoms with Gasteiger partial charge in [-0.3, -0.25) is 14.9 Å². The number of hydrogen-bond acceptors (Lipinski definition) is 5. The van der Waals surface area contributed by atoms with Gasteiger partial charge in [0, 0.05) is 17.4 Å². The van der Waals surface area contributed by atoms with Crippen LogP contribution in [0.15, 0.2) is 16.7 Å². The Hall–Kier alpha value is -2.21. The van der Waals surface area contributed by atoms with Crippen LogP contribution in [0.5, 0.6) is 0 Å². The summed E-state index contributed by atoms with van der Waals surface area (Å²) >= 11 is 0. The third-order valence-corrected chi connectivity index (χ3v) is 4.56. The van der Waals surface area contributed by atoms with Crippen LogP contribution < -0.4 is 10.6 Å². The fraction of sp³-hybridized carbons (Fsp3) is 0.438. The maximum Gasteiger partial charge on any atom is 0.235 e. The Balaban J connectivity index is 1.79. The average molecular weight is 299 g/mol. The zero-order chi connectivity index (χ0) is 15.1. The Morgan fingerprint density at radius 2 is 2.00 bits per heavy atom. The van der Waals surface area contributed by atoms with Crippen molar-refractivity contribution in [1.29, 1.82) is 0 Å². The Bertz CT molecular complexity index is 765. The number of amides is 2. The van der Waals surface area contributed by atoms with Crippen LogP contribution in [-0.4, -0.2) is 30.1 Å². The minimum absolute atomic E-state index is 0.214. The molecule has 0 saturated carbocycles. The maximum absolute atomic E-state index is 12.1. The van der Waals surface area contributed by atoms with Crippen LogP contribution in [0, 0.1) is 0 Å². The van der Waals surface area contributed by atoms with Gasteiger partial charge in [-0.1, -0.05) is 11.2 Å². The molecular weight excluding hydrogens is 282 g/mol. The lowest BCUT2D eigenvalue weighted by atomic mass is 9.91. The van der Waals surface area contributed by atoms with Crippen LogP contribution in [0.25, 0.3) is 11.0 Å². The average Bonchev–Trinajstić information content (AvgIpc) is 2.77. The van der Waals surface area contributed by atoms with Gasteiger partial charge in [-0.15, -0.1) is 0 Å². The van der Waals surface area contributed by atoms with E-state index in [9.17, 15) is 9.59 Å². The van der Waals surface area contributed by atoms with Crippen LogP contribution >= 0.6 is 0 Å². The molecule has 2 aromatic rings. The number of fused-ring (bicyclic) bond motifs is 3. The lowest BCUT2D eigenvalue weighted by molar-refractivity contribution is -0.134. The Morgan fingerprint density at radius 1 is 1.14 bits per heavy atom. The summed E-state index contributed by atoms with van der Waals surface area (Å²) in [7, 11) is 0. The molecule has 2 N–H and O–H groups in total. The molecule has 6 nitrogen and oxygen atoms in total. The highest BCUT2D eigenvalue weighted by molar-refractivity contribution is 6.02. The van der Waals surface area contributed by atoms with Crippen molar-refractivity contribution in [1.82, 2.24) is 15.8 Å². The van der Waals surface area contributed by atoms with Crippen molar-refractivity contribution < 1.29 is 14.1 Å². The van der Waals surface area contributed by atoms with E-state index in [0.29, 0.717) is 18.5 Å². The second kappa shape index (κ2) is 5.21. The van der Waals surface area contributed by atoms with Gasteiger partial charge in [-0.2, -0.15) is 0 Å². The normalized spacial score (nSPS) is 22.3. The summed E-state index contributed by atoms with van der Waals surface area (Å²) in [6, 6.07) is 4.10. The maximum atomic E-state index is 12.1. The van der Waals surface area contributed by atoms with Crippen molar-refractivity contribution in [3.8, 4) is 0 Å². The van der Waals surface area contributed by atoms with Gasteiger partial charge in [-0.25, -0.2) is 0 Å². The molecule has 1 unspecified atom stereocenters. The van der Waals surface area contributed by atoms with Gasteiger partial charge in [0.2, 0.25) is 11.8 Å². The van der Waals surface area contributed by atoms with Crippen molar-refractivity contribution in [2.75, 3.05) is 13.1 Å². The summed E-state index contributed by atoms with van der Waals surface area (Å²) in [5, 5.41) is 10.8. The van der Waals surface area contributed by atoms with E-state index in [1.807, 2.05) is 6.07 Å². The summed E-state index contributed by atoms with van der Waals surface area (Å²) in [5.74, 6) is -0.891. The Morgan fingerprint density at radius 3 is 2.86 bits per heavy atom. The number of imide groups is 1. The van der Waals surface area contributed by atoms with Crippen LogP contribution in [-0.2, 0) is 22.4 Å². The van der Waals surface area contributed by atoms with Gasteiger partial charge in [0.25, 0.3) is 0 Å². The highest BCUT2D eigenvalue weighted by atomic mass is 16.5. The molecule has 6 heteroatoms. The number of benzene rings is 1. The molecule has 0 bridgehead atoms. The Kier molecular flexibility index (Phi) is 3.18. The number of aromatic nitrogens is 1. The molecule has 0 spiro atoms.